The van der Waals surface area contributed by atoms with E-state index in [4.69, 9.17) is 33.3 Å². The number of thiocarbonyl (C=S) groups is 1. The van der Waals surface area contributed by atoms with Gasteiger partial charge in [-0.1, -0.05) is 47.7 Å². The van der Waals surface area contributed by atoms with Crippen molar-refractivity contribution in [2.75, 3.05) is 7.11 Å². The molecule has 1 N–H and O–H groups in total. The molecule has 26 heavy (non-hydrogen) atoms. The van der Waals surface area contributed by atoms with Crippen molar-refractivity contribution in [3.8, 4) is 11.5 Å². The first kappa shape index (κ1) is 18.7. The van der Waals surface area contributed by atoms with Crippen LogP contribution in [0.15, 0.2) is 41.3 Å². The highest BCUT2D eigenvalue weighted by molar-refractivity contribution is 8.26. The fourth-order valence-electron chi connectivity index (χ4n) is 2.29. The van der Waals surface area contributed by atoms with Crippen LogP contribution < -0.4 is 14.8 Å². The van der Waals surface area contributed by atoms with Gasteiger partial charge in [0.1, 0.15) is 16.7 Å². The third-order valence-electron chi connectivity index (χ3n) is 3.56. The quantitative estimate of drug-likeness (QED) is 0.579. The Morgan fingerprint density at radius 2 is 2.12 bits per heavy atom. The number of ether oxygens (including phenoxy) is 2. The van der Waals surface area contributed by atoms with Crippen molar-refractivity contribution in [2.24, 2.45) is 0 Å². The highest BCUT2D eigenvalue weighted by Gasteiger charge is 2.22. The maximum atomic E-state index is 13.8. The van der Waals surface area contributed by atoms with Gasteiger partial charge in [-0.15, -0.1) is 0 Å². The van der Waals surface area contributed by atoms with Crippen LogP contribution in [-0.4, -0.2) is 17.3 Å². The van der Waals surface area contributed by atoms with Gasteiger partial charge in [0.15, 0.2) is 11.5 Å². The fraction of sp³-hybridized carbons (Fsp3) is 0.111. The molecule has 0 saturated carbocycles. The van der Waals surface area contributed by atoms with Crippen LogP contribution in [0.2, 0.25) is 5.02 Å². The number of hydrogen-bond acceptors (Lipinski definition) is 5. The van der Waals surface area contributed by atoms with Crippen molar-refractivity contribution in [2.45, 2.75) is 6.61 Å². The number of carbonyl (C=O) groups excluding carboxylic acids is 1. The van der Waals surface area contributed by atoms with Crippen molar-refractivity contribution in [1.29, 1.82) is 0 Å². The number of methoxy groups -OCH3 is 1. The van der Waals surface area contributed by atoms with E-state index in [0.717, 1.165) is 5.56 Å². The molecular formula is C18H13ClFNO3S2. The zero-order valence-corrected chi connectivity index (χ0v) is 15.9. The summed E-state index contributed by atoms with van der Waals surface area (Å²) in [4.78, 5) is 12.2. The second-order valence-electron chi connectivity index (χ2n) is 5.25. The Bertz CT molecular complexity index is 897. The SMILES string of the molecule is COc1cc(/C=C2\SC(=S)NC2=O)ccc1OCc1c(F)cccc1Cl. The van der Waals surface area contributed by atoms with Gasteiger partial charge in [0.25, 0.3) is 5.91 Å². The smallest absolute Gasteiger partial charge is 0.263 e. The Morgan fingerprint density at radius 1 is 1.31 bits per heavy atom. The van der Waals surface area contributed by atoms with Crippen molar-refractivity contribution in [3.63, 3.8) is 0 Å². The van der Waals surface area contributed by atoms with Crippen LogP contribution >= 0.6 is 35.6 Å². The number of amides is 1. The molecular weight excluding hydrogens is 397 g/mol. The van der Waals surface area contributed by atoms with Gasteiger partial charge >= 0.3 is 0 Å². The molecule has 0 radical (unpaired) electrons. The Morgan fingerprint density at radius 3 is 2.77 bits per heavy atom. The van der Waals surface area contributed by atoms with Gasteiger partial charge in [0, 0.05) is 5.56 Å². The topological polar surface area (TPSA) is 47.6 Å². The second kappa shape index (κ2) is 8.07. The number of nitrogens with one attached hydrogen (secondary N) is 1. The predicted molar refractivity (Wildman–Crippen MR) is 105 cm³/mol. The summed E-state index contributed by atoms with van der Waals surface area (Å²) in [7, 11) is 1.50. The molecule has 0 unspecified atom stereocenters. The number of benzene rings is 2. The highest BCUT2D eigenvalue weighted by atomic mass is 35.5. The Labute approximate surface area is 164 Å². The maximum Gasteiger partial charge on any atom is 0.263 e. The van der Waals surface area contributed by atoms with E-state index in [1.165, 1.54) is 31.0 Å². The van der Waals surface area contributed by atoms with Crippen LogP contribution in [0.4, 0.5) is 4.39 Å². The molecule has 1 amide bonds. The van der Waals surface area contributed by atoms with E-state index >= 15 is 0 Å². The summed E-state index contributed by atoms with van der Waals surface area (Å²) in [5.74, 6) is 0.234. The molecule has 1 heterocycles. The maximum absolute atomic E-state index is 13.8. The molecule has 1 aliphatic heterocycles. The number of rotatable bonds is 5. The zero-order valence-electron chi connectivity index (χ0n) is 13.5. The van der Waals surface area contributed by atoms with Crippen LogP contribution in [0.5, 0.6) is 11.5 Å². The first-order valence-electron chi connectivity index (χ1n) is 7.46. The molecule has 1 fully saturated rings. The van der Waals surface area contributed by atoms with Gasteiger partial charge in [0.2, 0.25) is 0 Å². The monoisotopic (exact) mass is 409 g/mol. The minimum Gasteiger partial charge on any atom is -0.493 e. The first-order valence-corrected chi connectivity index (χ1v) is 9.07. The number of halogens is 2. The predicted octanol–water partition coefficient (Wildman–Crippen LogP) is 4.56. The van der Waals surface area contributed by atoms with Crippen LogP contribution in [0.25, 0.3) is 6.08 Å². The average molecular weight is 410 g/mol. The molecule has 2 aromatic carbocycles. The molecule has 4 nitrogen and oxygen atoms in total. The Hall–Kier alpha value is -2.09. The van der Waals surface area contributed by atoms with Crippen LogP contribution in [0, 0.1) is 5.82 Å². The van der Waals surface area contributed by atoms with E-state index in [1.54, 1.807) is 30.3 Å². The average Bonchev–Trinajstić information content (AvgIpc) is 2.92. The molecule has 134 valence electrons. The van der Waals surface area contributed by atoms with Gasteiger partial charge in [-0.05, 0) is 35.9 Å². The lowest BCUT2D eigenvalue weighted by atomic mass is 10.2. The molecule has 0 bridgehead atoms. The minimum atomic E-state index is -0.432. The van der Waals surface area contributed by atoms with Gasteiger partial charge in [-0.3, -0.25) is 4.79 Å². The molecule has 0 spiro atoms. The van der Waals surface area contributed by atoms with Crippen molar-refractivity contribution >= 4 is 51.9 Å². The summed E-state index contributed by atoms with van der Waals surface area (Å²) in [6.07, 6.45) is 1.71. The molecule has 3 rings (SSSR count). The minimum absolute atomic E-state index is 0.0329. The fourth-order valence-corrected chi connectivity index (χ4v) is 3.55. The van der Waals surface area contributed by atoms with E-state index in [2.05, 4.69) is 5.32 Å². The van der Waals surface area contributed by atoms with E-state index in [9.17, 15) is 9.18 Å². The normalized spacial score (nSPS) is 15.3. The number of carbonyl (C=O) groups is 1. The standard InChI is InChI=1S/C18H13ClFNO3S2/c1-23-15-7-10(8-16-17(22)21-18(25)26-16)5-6-14(15)24-9-11-12(19)3-2-4-13(11)20/h2-8H,9H2,1H3,(H,21,22,25)/b16-8-. The number of hydrogen-bond donors (Lipinski definition) is 1. The lowest BCUT2D eigenvalue weighted by Gasteiger charge is -2.12. The summed E-state index contributed by atoms with van der Waals surface area (Å²) in [6, 6.07) is 9.64. The van der Waals surface area contributed by atoms with E-state index in [0.29, 0.717) is 25.7 Å². The summed E-state index contributed by atoms with van der Waals surface area (Å²) >= 11 is 12.2. The van der Waals surface area contributed by atoms with Crippen LogP contribution in [-0.2, 0) is 11.4 Å². The summed E-state index contributed by atoms with van der Waals surface area (Å²) in [5.41, 5.74) is 1.02. The molecule has 2 aromatic rings. The van der Waals surface area contributed by atoms with Crippen molar-refractivity contribution < 1.29 is 18.7 Å². The molecule has 0 atom stereocenters. The lowest BCUT2D eigenvalue weighted by Crippen LogP contribution is -2.17. The van der Waals surface area contributed by atoms with E-state index in [-0.39, 0.29) is 18.1 Å². The van der Waals surface area contributed by atoms with Crippen LogP contribution in [0.1, 0.15) is 11.1 Å². The summed E-state index contributed by atoms with van der Waals surface area (Å²) in [6.45, 7) is -0.0329. The van der Waals surface area contributed by atoms with E-state index < -0.39 is 5.82 Å². The largest absolute Gasteiger partial charge is 0.493 e. The molecule has 0 aliphatic carbocycles. The summed E-state index contributed by atoms with van der Waals surface area (Å²) < 4.78 is 25.3. The first-order chi connectivity index (χ1) is 12.5. The second-order valence-corrected chi connectivity index (χ2v) is 7.38. The lowest BCUT2D eigenvalue weighted by molar-refractivity contribution is -0.115. The third-order valence-corrected chi connectivity index (χ3v) is 5.08. The Kier molecular flexibility index (Phi) is 5.80. The third kappa shape index (κ3) is 4.17. The van der Waals surface area contributed by atoms with Gasteiger partial charge in [-0.2, -0.15) is 0 Å². The summed E-state index contributed by atoms with van der Waals surface area (Å²) in [5, 5.41) is 2.86. The molecule has 8 heteroatoms. The zero-order chi connectivity index (χ0) is 18.7. The highest BCUT2D eigenvalue weighted by Crippen LogP contribution is 2.32. The van der Waals surface area contributed by atoms with Crippen LogP contribution in [0.3, 0.4) is 0 Å². The number of thioether (sulfide) groups is 1. The molecule has 1 aliphatic rings. The Balaban J connectivity index is 1.80. The van der Waals surface area contributed by atoms with E-state index in [1.807, 2.05) is 0 Å². The molecule has 1 saturated heterocycles. The molecule has 0 aromatic heterocycles. The van der Waals surface area contributed by atoms with Gasteiger partial charge < -0.3 is 14.8 Å². The van der Waals surface area contributed by atoms with Crippen molar-refractivity contribution in [3.05, 3.63) is 63.3 Å². The van der Waals surface area contributed by atoms with Crippen molar-refractivity contribution in [1.82, 2.24) is 5.32 Å². The van der Waals surface area contributed by atoms with Gasteiger partial charge in [0.05, 0.1) is 17.0 Å². The van der Waals surface area contributed by atoms with Gasteiger partial charge in [-0.25, -0.2) is 4.39 Å².